The molecule has 0 aromatic rings. The van der Waals surface area contributed by atoms with Crippen LogP contribution in [0.15, 0.2) is 11.6 Å². The maximum atomic E-state index is 2.48. The van der Waals surface area contributed by atoms with E-state index in [1.54, 1.807) is 5.57 Å². The third kappa shape index (κ3) is 1.03. The Labute approximate surface area is 57.0 Å². The molecule has 0 heterocycles. The third-order valence-corrected chi connectivity index (χ3v) is 2.76. The highest BCUT2D eigenvalue weighted by molar-refractivity contribution is 5.07. The average molecular weight is 122 g/mol. The summed E-state index contributed by atoms with van der Waals surface area (Å²) in [5.41, 5.74) is 1.75. The van der Waals surface area contributed by atoms with Crippen molar-refractivity contribution in [2.75, 3.05) is 0 Å². The Morgan fingerprint density at radius 3 is 2.67 bits per heavy atom. The molecule has 0 amide bonds. The van der Waals surface area contributed by atoms with Gasteiger partial charge in [-0.05, 0) is 44.4 Å². The summed E-state index contributed by atoms with van der Waals surface area (Å²) in [4.78, 5) is 0. The van der Waals surface area contributed by atoms with Gasteiger partial charge in [-0.25, -0.2) is 0 Å². The summed E-state index contributed by atoms with van der Waals surface area (Å²) in [7, 11) is 0. The van der Waals surface area contributed by atoms with E-state index < -0.39 is 0 Å². The Kier molecular flexibility index (Phi) is 1.33. The van der Waals surface area contributed by atoms with Crippen molar-refractivity contribution < 1.29 is 0 Å². The molecule has 0 aromatic carbocycles. The Balaban J connectivity index is 2.16. The van der Waals surface area contributed by atoms with E-state index in [1.807, 2.05) is 0 Å². The van der Waals surface area contributed by atoms with Gasteiger partial charge in [0.15, 0.2) is 0 Å². The lowest BCUT2D eigenvalue weighted by atomic mass is 9.87. The van der Waals surface area contributed by atoms with Crippen LogP contribution in [0.1, 0.15) is 38.5 Å². The highest BCUT2D eigenvalue weighted by Gasteiger charge is 2.18. The molecule has 0 heteroatoms. The standard InChI is InChI=1S/C9H14/c1-2-8-4-6-9(3-1)7-5-8/h2,9H,1,3-7H2. The topological polar surface area (TPSA) is 0 Å². The monoisotopic (exact) mass is 122 g/mol. The van der Waals surface area contributed by atoms with Gasteiger partial charge in [-0.15, -0.1) is 0 Å². The lowest BCUT2D eigenvalue weighted by Crippen LogP contribution is -2.03. The second kappa shape index (κ2) is 2.17. The molecule has 2 bridgehead atoms. The molecule has 0 aliphatic heterocycles. The molecule has 0 radical (unpaired) electrons. The number of allylic oxidation sites excluding steroid dienone is 2. The quantitative estimate of drug-likeness (QED) is 0.433. The molecule has 1 fully saturated rings. The molecule has 0 unspecified atom stereocenters. The maximum absolute atomic E-state index is 2.48. The summed E-state index contributed by atoms with van der Waals surface area (Å²) in [6, 6.07) is 0. The average Bonchev–Trinajstić information content (AvgIpc) is 2.21. The van der Waals surface area contributed by atoms with Gasteiger partial charge in [0.05, 0.1) is 0 Å². The van der Waals surface area contributed by atoms with Crippen LogP contribution in [0.2, 0.25) is 0 Å². The third-order valence-electron chi connectivity index (χ3n) is 2.76. The molecule has 50 valence electrons. The molecule has 0 saturated heterocycles. The van der Waals surface area contributed by atoms with Crippen LogP contribution in [0, 0.1) is 5.92 Å². The minimum atomic E-state index is 1.09. The van der Waals surface area contributed by atoms with Crippen molar-refractivity contribution in [3.8, 4) is 0 Å². The number of hydrogen-bond donors (Lipinski definition) is 0. The van der Waals surface area contributed by atoms with Crippen molar-refractivity contribution in [1.82, 2.24) is 0 Å². The summed E-state index contributed by atoms with van der Waals surface area (Å²) in [5.74, 6) is 1.09. The molecule has 0 aromatic heterocycles. The maximum Gasteiger partial charge on any atom is -0.0318 e. The van der Waals surface area contributed by atoms with Crippen LogP contribution >= 0.6 is 0 Å². The highest BCUT2D eigenvalue weighted by Crippen LogP contribution is 2.34. The van der Waals surface area contributed by atoms with Gasteiger partial charge in [0.1, 0.15) is 0 Å². The zero-order valence-electron chi connectivity index (χ0n) is 5.90. The van der Waals surface area contributed by atoms with Gasteiger partial charge in [-0.1, -0.05) is 11.6 Å². The van der Waals surface area contributed by atoms with E-state index in [0.29, 0.717) is 0 Å². The number of fused-ring (bicyclic) bond motifs is 4. The SMILES string of the molecule is C1=C2CCC(CC1)CC2. The molecule has 0 spiro atoms. The van der Waals surface area contributed by atoms with Crippen molar-refractivity contribution in [3.63, 3.8) is 0 Å². The van der Waals surface area contributed by atoms with Crippen molar-refractivity contribution in [1.29, 1.82) is 0 Å². The van der Waals surface area contributed by atoms with Gasteiger partial charge < -0.3 is 0 Å². The lowest BCUT2D eigenvalue weighted by Gasteiger charge is -2.18. The summed E-state index contributed by atoms with van der Waals surface area (Å²) >= 11 is 0. The summed E-state index contributed by atoms with van der Waals surface area (Å²) < 4.78 is 0. The second-order valence-electron chi connectivity index (χ2n) is 3.38. The predicted octanol–water partition coefficient (Wildman–Crippen LogP) is 2.90. The van der Waals surface area contributed by atoms with E-state index in [4.69, 9.17) is 0 Å². The first-order valence-electron chi connectivity index (χ1n) is 4.13. The predicted molar refractivity (Wildman–Crippen MR) is 39.3 cm³/mol. The van der Waals surface area contributed by atoms with Gasteiger partial charge in [0, 0.05) is 0 Å². The van der Waals surface area contributed by atoms with Crippen LogP contribution in [-0.4, -0.2) is 0 Å². The van der Waals surface area contributed by atoms with E-state index in [1.165, 1.54) is 38.5 Å². The molecule has 0 nitrogen and oxygen atoms in total. The molecule has 3 aliphatic carbocycles. The van der Waals surface area contributed by atoms with Gasteiger partial charge in [0.25, 0.3) is 0 Å². The van der Waals surface area contributed by atoms with Crippen molar-refractivity contribution in [2.24, 2.45) is 5.92 Å². The van der Waals surface area contributed by atoms with Crippen molar-refractivity contribution in [3.05, 3.63) is 11.6 Å². The van der Waals surface area contributed by atoms with E-state index >= 15 is 0 Å². The molecule has 9 heavy (non-hydrogen) atoms. The number of hydrogen-bond acceptors (Lipinski definition) is 0. The molecule has 0 atom stereocenters. The minimum Gasteiger partial charge on any atom is -0.0853 e. The zero-order valence-corrected chi connectivity index (χ0v) is 5.90. The smallest absolute Gasteiger partial charge is 0.0318 e. The summed E-state index contributed by atoms with van der Waals surface area (Å²) in [5, 5.41) is 0. The zero-order chi connectivity index (χ0) is 6.10. The molecule has 3 rings (SSSR count). The molecular weight excluding hydrogens is 108 g/mol. The Bertz CT molecular complexity index is 120. The van der Waals surface area contributed by atoms with E-state index in [-0.39, 0.29) is 0 Å². The Hall–Kier alpha value is -0.260. The Morgan fingerprint density at radius 2 is 1.89 bits per heavy atom. The highest BCUT2D eigenvalue weighted by atomic mass is 14.2. The number of rotatable bonds is 0. The fraction of sp³-hybridized carbons (Fsp3) is 0.778. The largest absolute Gasteiger partial charge is 0.0853 e. The minimum absolute atomic E-state index is 1.09. The van der Waals surface area contributed by atoms with Crippen LogP contribution in [0.25, 0.3) is 0 Å². The second-order valence-corrected chi connectivity index (χ2v) is 3.38. The Morgan fingerprint density at radius 1 is 1.11 bits per heavy atom. The fourth-order valence-corrected chi connectivity index (χ4v) is 2.06. The van der Waals surface area contributed by atoms with Crippen molar-refractivity contribution >= 4 is 0 Å². The normalized spacial score (nSPS) is 27.8. The first-order valence-corrected chi connectivity index (χ1v) is 4.13. The first kappa shape index (κ1) is 5.52. The fourth-order valence-electron chi connectivity index (χ4n) is 2.06. The summed E-state index contributed by atoms with van der Waals surface area (Å²) in [6.45, 7) is 0. The van der Waals surface area contributed by atoms with Crippen LogP contribution < -0.4 is 0 Å². The van der Waals surface area contributed by atoms with Crippen LogP contribution in [0.4, 0.5) is 0 Å². The van der Waals surface area contributed by atoms with Gasteiger partial charge in [-0.3, -0.25) is 0 Å². The van der Waals surface area contributed by atoms with Crippen LogP contribution in [0.5, 0.6) is 0 Å². The lowest BCUT2D eigenvalue weighted by molar-refractivity contribution is 0.403. The molecular formula is C9H14. The summed E-state index contributed by atoms with van der Waals surface area (Å²) in [6.07, 6.45) is 11.2. The first-order chi connectivity index (χ1) is 4.45. The van der Waals surface area contributed by atoms with Gasteiger partial charge in [-0.2, -0.15) is 0 Å². The van der Waals surface area contributed by atoms with Gasteiger partial charge >= 0.3 is 0 Å². The van der Waals surface area contributed by atoms with E-state index in [2.05, 4.69) is 6.08 Å². The van der Waals surface area contributed by atoms with E-state index in [9.17, 15) is 0 Å². The molecule has 0 N–H and O–H groups in total. The van der Waals surface area contributed by atoms with Gasteiger partial charge in [0.2, 0.25) is 0 Å². The van der Waals surface area contributed by atoms with Crippen LogP contribution in [-0.2, 0) is 0 Å². The van der Waals surface area contributed by atoms with Crippen LogP contribution in [0.3, 0.4) is 0 Å². The molecule has 3 aliphatic rings. The molecule has 1 saturated carbocycles. The van der Waals surface area contributed by atoms with E-state index in [0.717, 1.165) is 5.92 Å². The van der Waals surface area contributed by atoms with Crippen molar-refractivity contribution in [2.45, 2.75) is 38.5 Å².